The van der Waals surface area contributed by atoms with E-state index in [1.54, 1.807) is 36.4 Å². The molecule has 20 heavy (non-hydrogen) atoms. The van der Waals surface area contributed by atoms with Crippen molar-refractivity contribution in [3.63, 3.8) is 0 Å². The van der Waals surface area contributed by atoms with Gasteiger partial charge in [0.1, 0.15) is 0 Å². The van der Waals surface area contributed by atoms with Gasteiger partial charge in [0, 0.05) is 22.2 Å². The number of nitro groups is 1. The van der Waals surface area contributed by atoms with E-state index >= 15 is 0 Å². The summed E-state index contributed by atoms with van der Waals surface area (Å²) in [6, 6.07) is 11.5. The van der Waals surface area contributed by atoms with Crippen molar-refractivity contribution in [2.24, 2.45) is 0 Å². The van der Waals surface area contributed by atoms with Crippen LogP contribution in [0, 0.1) is 17.0 Å². The van der Waals surface area contributed by atoms with Gasteiger partial charge in [-0.2, -0.15) is 0 Å². The van der Waals surface area contributed by atoms with Gasteiger partial charge in [-0.05, 0) is 30.7 Å². The van der Waals surface area contributed by atoms with E-state index in [0.29, 0.717) is 16.1 Å². The van der Waals surface area contributed by atoms with Crippen LogP contribution in [0.3, 0.4) is 0 Å². The first-order valence-electron chi connectivity index (χ1n) is 5.96. The number of anilines is 1. The minimum Gasteiger partial charge on any atom is -0.399 e. The molecule has 0 aliphatic rings. The highest BCUT2D eigenvalue weighted by Gasteiger charge is 2.15. The van der Waals surface area contributed by atoms with Gasteiger partial charge in [0.2, 0.25) is 0 Å². The van der Waals surface area contributed by atoms with Crippen LogP contribution in [0.1, 0.15) is 11.1 Å². The third-order valence-electron chi connectivity index (χ3n) is 2.98. The third-order valence-corrected chi connectivity index (χ3v) is 4.33. The zero-order chi connectivity index (χ0) is 14.7. The second-order valence-electron chi connectivity index (χ2n) is 4.39. The van der Waals surface area contributed by atoms with E-state index in [4.69, 9.17) is 5.73 Å². The van der Waals surface area contributed by atoms with E-state index in [2.05, 4.69) is 0 Å². The number of hydrogen-bond donors (Lipinski definition) is 1. The molecule has 1 unspecified atom stereocenters. The smallest absolute Gasteiger partial charge is 0.273 e. The number of nitrogens with zero attached hydrogens (tertiary/aromatic N) is 1. The summed E-state index contributed by atoms with van der Waals surface area (Å²) in [5.74, 6) is 0.112. The van der Waals surface area contributed by atoms with Crippen molar-refractivity contribution >= 4 is 22.2 Å². The molecule has 2 N–H and O–H groups in total. The van der Waals surface area contributed by atoms with Gasteiger partial charge in [0.05, 0.1) is 21.5 Å². The molecule has 2 aromatic rings. The molecule has 0 amide bonds. The largest absolute Gasteiger partial charge is 0.399 e. The van der Waals surface area contributed by atoms with Crippen molar-refractivity contribution < 1.29 is 9.13 Å². The highest BCUT2D eigenvalue weighted by molar-refractivity contribution is 7.84. The highest BCUT2D eigenvalue weighted by Crippen LogP contribution is 2.23. The predicted molar refractivity (Wildman–Crippen MR) is 78.8 cm³/mol. The predicted octanol–water partition coefficient (Wildman–Crippen LogP) is 2.79. The molecule has 6 heteroatoms. The molecule has 0 aliphatic heterocycles. The zero-order valence-corrected chi connectivity index (χ0v) is 11.7. The molecule has 1 atom stereocenters. The maximum atomic E-state index is 12.3. The SMILES string of the molecule is Cc1cc(S(=O)Cc2ccccc2[N+](=O)[O-])ccc1N. The number of para-hydroxylation sites is 1. The highest BCUT2D eigenvalue weighted by atomic mass is 32.2. The summed E-state index contributed by atoms with van der Waals surface area (Å²) < 4.78 is 12.3. The van der Waals surface area contributed by atoms with E-state index in [1.165, 1.54) is 6.07 Å². The van der Waals surface area contributed by atoms with Crippen LogP contribution in [-0.2, 0) is 16.6 Å². The molecule has 0 saturated carbocycles. The number of nitrogens with two attached hydrogens (primary N) is 1. The lowest BCUT2D eigenvalue weighted by atomic mass is 10.2. The first-order valence-corrected chi connectivity index (χ1v) is 7.27. The van der Waals surface area contributed by atoms with Gasteiger partial charge in [-0.15, -0.1) is 0 Å². The fourth-order valence-electron chi connectivity index (χ4n) is 1.83. The molecule has 0 radical (unpaired) electrons. The van der Waals surface area contributed by atoms with Crippen molar-refractivity contribution in [2.75, 3.05) is 5.73 Å². The number of nitro benzene ring substituents is 1. The molecule has 2 rings (SSSR count). The average molecular weight is 290 g/mol. The monoisotopic (exact) mass is 290 g/mol. The maximum Gasteiger partial charge on any atom is 0.273 e. The average Bonchev–Trinajstić information content (AvgIpc) is 2.42. The van der Waals surface area contributed by atoms with Crippen LogP contribution in [0.25, 0.3) is 0 Å². The number of benzene rings is 2. The molecule has 0 fully saturated rings. The number of rotatable bonds is 4. The normalized spacial score (nSPS) is 12.1. The van der Waals surface area contributed by atoms with Crippen LogP contribution in [0.4, 0.5) is 11.4 Å². The standard InChI is InChI=1S/C14H14N2O3S/c1-10-8-12(6-7-13(10)15)20(19)9-11-4-2-3-5-14(11)16(17)18/h2-8H,9,15H2,1H3. The Kier molecular flexibility index (Phi) is 4.14. The Labute approximate surface area is 119 Å². The van der Waals surface area contributed by atoms with E-state index in [-0.39, 0.29) is 11.4 Å². The molecule has 104 valence electrons. The van der Waals surface area contributed by atoms with E-state index in [9.17, 15) is 14.3 Å². The third kappa shape index (κ3) is 3.03. The Morgan fingerprint density at radius 3 is 2.60 bits per heavy atom. The summed E-state index contributed by atoms with van der Waals surface area (Å²) in [6.07, 6.45) is 0. The molecule has 0 heterocycles. The van der Waals surface area contributed by atoms with Gasteiger partial charge in [0.25, 0.3) is 5.69 Å². The van der Waals surface area contributed by atoms with Gasteiger partial charge >= 0.3 is 0 Å². The summed E-state index contributed by atoms with van der Waals surface area (Å²) in [4.78, 5) is 11.1. The Morgan fingerprint density at radius 1 is 1.25 bits per heavy atom. The van der Waals surface area contributed by atoms with Gasteiger partial charge < -0.3 is 5.73 Å². The van der Waals surface area contributed by atoms with Crippen molar-refractivity contribution in [1.82, 2.24) is 0 Å². The lowest BCUT2D eigenvalue weighted by molar-refractivity contribution is -0.385. The lowest BCUT2D eigenvalue weighted by Gasteiger charge is -2.06. The fraction of sp³-hybridized carbons (Fsp3) is 0.143. The van der Waals surface area contributed by atoms with Crippen molar-refractivity contribution in [3.05, 3.63) is 63.7 Å². The van der Waals surface area contributed by atoms with Crippen LogP contribution in [0.5, 0.6) is 0 Å². The van der Waals surface area contributed by atoms with Gasteiger partial charge in [-0.3, -0.25) is 14.3 Å². The maximum absolute atomic E-state index is 12.3. The molecular weight excluding hydrogens is 276 g/mol. The summed E-state index contributed by atoms with van der Waals surface area (Å²) in [7, 11) is -1.34. The number of hydrogen-bond acceptors (Lipinski definition) is 4. The molecule has 5 nitrogen and oxygen atoms in total. The lowest BCUT2D eigenvalue weighted by Crippen LogP contribution is -2.01. The van der Waals surface area contributed by atoms with Crippen LogP contribution in [-0.4, -0.2) is 9.13 Å². The molecular formula is C14H14N2O3S. The van der Waals surface area contributed by atoms with Crippen molar-refractivity contribution in [3.8, 4) is 0 Å². The Morgan fingerprint density at radius 2 is 1.95 bits per heavy atom. The first-order chi connectivity index (χ1) is 9.49. The first kappa shape index (κ1) is 14.2. The minimum absolute atomic E-state index is 0.00647. The van der Waals surface area contributed by atoms with Crippen molar-refractivity contribution in [2.45, 2.75) is 17.6 Å². The second-order valence-corrected chi connectivity index (χ2v) is 5.85. The molecule has 2 aromatic carbocycles. The molecule has 0 aromatic heterocycles. The molecule has 0 saturated heterocycles. The van der Waals surface area contributed by atoms with Crippen molar-refractivity contribution in [1.29, 1.82) is 0 Å². The van der Waals surface area contributed by atoms with E-state index < -0.39 is 15.7 Å². The number of nitrogen functional groups attached to an aromatic ring is 1. The fourth-order valence-corrected chi connectivity index (χ4v) is 3.05. The van der Waals surface area contributed by atoms with Crippen LogP contribution < -0.4 is 5.73 Å². The van der Waals surface area contributed by atoms with Crippen LogP contribution in [0.15, 0.2) is 47.4 Å². The molecule has 0 aliphatic carbocycles. The van der Waals surface area contributed by atoms with Gasteiger partial charge in [-0.1, -0.05) is 18.2 Å². The summed E-state index contributed by atoms with van der Waals surface area (Å²) in [5, 5.41) is 10.9. The zero-order valence-electron chi connectivity index (χ0n) is 10.9. The van der Waals surface area contributed by atoms with E-state index in [0.717, 1.165) is 5.56 Å². The Bertz CT molecular complexity index is 686. The molecule has 0 bridgehead atoms. The number of aryl methyl sites for hydroxylation is 1. The molecule has 0 spiro atoms. The summed E-state index contributed by atoms with van der Waals surface area (Å²) >= 11 is 0. The topological polar surface area (TPSA) is 86.2 Å². The Hall–Kier alpha value is -2.21. The van der Waals surface area contributed by atoms with Gasteiger partial charge in [0.15, 0.2) is 0 Å². The van der Waals surface area contributed by atoms with Crippen LogP contribution >= 0.6 is 0 Å². The summed E-state index contributed by atoms with van der Waals surface area (Å²) in [5.41, 5.74) is 7.66. The summed E-state index contributed by atoms with van der Waals surface area (Å²) in [6.45, 7) is 1.83. The Balaban J connectivity index is 2.28. The van der Waals surface area contributed by atoms with Crippen LogP contribution in [0.2, 0.25) is 0 Å². The van der Waals surface area contributed by atoms with Gasteiger partial charge in [-0.25, -0.2) is 0 Å². The minimum atomic E-state index is -1.34. The quantitative estimate of drug-likeness (QED) is 0.533. The van der Waals surface area contributed by atoms with E-state index in [1.807, 2.05) is 6.92 Å². The second kappa shape index (κ2) is 5.83.